The summed E-state index contributed by atoms with van der Waals surface area (Å²) in [6.07, 6.45) is 1.03. The van der Waals surface area contributed by atoms with Gasteiger partial charge in [0.2, 0.25) is 0 Å². The zero-order valence-electron chi connectivity index (χ0n) is 13.2. The fraction of sp³-hybridized carbons (Fsp3) is 0.368. The third-order valence-corrected chi connectivity index (χ3v) is 3.79. The molecule has 0 amide bonds. The fourth-order valence-electron chi connectivity index (χ4n) is 2.61. The third kappa shape index (κ3) is 4.42. The van der Waals surface area contributed by atoms with Crippen LogP contribution in [0, 0.1) is 6.92 Å². The maximum absolute atomic E-state index is 6.01. The Kier molecular flexibility index (Phi) is 5.97. The normalized spacial score (nSPS) is 13.9. The number of benzene rings is 2. The van der Waals surface area contributed by atoms with Gasteiger partial charge in [0, 0.05) is 12.6 Å². The Labute approximate surface area is 128 Å². The van der Waals surface area contributed by atoms with E-state index < -0.39 is 0 Å². The Morgan fingerprint density at radius 2 is 1.67 bits per heavy atom. The minimum absolute atomic E-state index is 0.0718. The highest BCUT2D eigenvalue weighted by molar-refractivity contribution is 5.24. The molecule has 2 unspecified atom stereocenters. The number of hydrogen-bond donors (Lipinski definition) is 1. The second-order valence-corrected chi connectivity index (χ2v) is 5.37. The van der Waals surface area contributed by atoms with Gasteiger partial charge in [-0.15, -0.1) is 0 Å². The van der Waals surface area contributed by atoms with E-state index in [2.05, 4.69) is 67.7 Å². The summed E-state index contributed by atoms with van der Waals surface area (Å²) < 4.78 is 6.01. The number of rotatable bonds is 7. The van der Waals surface area contributed by atoms with Gasteiger partial charge in [-0.2, -0.15) is 0 Å². The Morgan fingerprint density at radius 1 is 1.00 bits per heavy atom. The summed E-state index contributed by atoms with van der Waals surface area (Å²) in [4.78, 5) is 0. The van der Waals surface area contributed by atoms with Gasteiger partial charge in [0.1, 0.15) is 0 Å². The molecule has 0 spiro atoms. The van der Waals surface area contributed by atoms with Gasteiger partial charge < -0.3 is 10.1 Å². The van der Waals surface area contributed by atoms with Crippen LogP contribution in [-0.4, -0.2) is 19.7 Å². The third-order valence-electron chi connectivity index (χ3n) is 3.79. The van der Waals surface area contributed by atoms with Crippen molar-refractivity contribution in [3.05, 3.63) is 71.3 Å². The van der Waals surface area contributed by atoms with Crippen molar-refractivity contribution in [3.8, 4) is 0 Å². The molecule has 2 aromatic carbocycles. The molecule has 0 aliphatic rings. The van der Waals surface area contributed by atoms with E-state index in [4.69, 9.17) is 4.74 Å². The van der Waals surface area contributed by atoms with E-state index >= 15 is 0 Å². The molecule has 0 heterocycles. The van der Waals surface area contributed by atoms with Crippen LogP contribution in [0.2, 0.25) is 0 Å². The van der Waals surface area contributed by atoms with Crippen molar-refractivity contribution in [1.29, 1.82) is 0 Å². The topological polar surface area (TPSA) is 21.3 Å². The van der Waals surface area contributed by atoms with E-state index in [1.54, 1.807) is 0 Å². The summed E-state index contributed by atoms with van der Waals surface area (Å²) in [5.74, 6) is 0. The Morgan fingerprint density at radius 3 is 2.24 bits per heavy atom. The molecule has 0 radical (unpaired) electrons. The first kappa shape index (κ1) is 15.7. The van der Waals surface area contributed by atoms with Crippen molar-refractivity contribution in [2.24, 2.45) is 0 Å². The van der Waals surface area contributed by atoms with Gasteiger partial charge in [-0.25, -0.2) is 0 Å². The number of nitrogens with one attached hydrogen (secondary N) is 1. The maximum atomic E-state index is 6.01. The molecule has 0 aromatic heterocycles. The maximum Gasteiger partial charge on any atom is 0.0980 e. The second kappa shape index (κ2) is 7.96. The second-order valence-electron chi connectivity index (χ2n) is 5.37. The van der Waals surface area contributed by atoms with Crippen LogP contribution in [0.4, 0.5) is 0 Å². The average molecular weight is 283 g/mol. The van der Waals surface area contributed by atoms with Crippen molar-refractivity contribution < 1.29 is 4.74 Å². The summed E-state index contributed by atoms with van der Waals surface area (Å²) >= 11 is 0. The summed E-state index contributed by atoms with van der Waals surface area (Å²) in [6.45, 7) is 4.88. The number of ether oxygens (including phenoxy) is 1. The van der Waals surface area contributed by atoms with Gasteiger partial charge in [0.25, 0.3) is 0 Å². The molecule has 2 heteroatoms. The van der Waals surface area contributed by atoms with Crippen LogP contribution in [0.3, 0.4) is 0 Å². The Bertz CT molecular complexity index is 521. The van der Waals surface area contributed by atoms with Gasteiger partial charge in [0.05, 0.1) is 6.10 Å². The van der Waals surface area contributed by atoms with Crippen molar-refractivity contribution in [3.63, 3.8) is 0 Å². The van der Waals surface area contributed by atoms with E-state index in [1.807, 2.05) is 13.1 Å². The lowest BCUT2D eigenvalue weighted by molar-refractivity contribution is 0.0352. The van der Waals surface area contributed by atoms with E-state index in [-0.39, 0.29) is 12.1 Å². The van der Waals surface area contributed by atoms with Gasteiger partial charge >= 0.3 is 0 Å². The largest absolute Gasteiger partial charge is 0.372 e. The highest BCUT2D eigenvalue weighted by atomic mass is 16.5. The molecular formula is C19H25NO. The molecule has 0 saturated heterocycles. The lowest BCUT2D eigenvalue weighted by Crippen LogP contribution is -2.35. The minimum Gasteiger partial charge on any atom is -0.372 e. The molecule has 0 saturated carbocycles. The van der Waals surface area contributed by atoms with Gasteiger partial charge in [-0.3, -0.25) is 0 Å². The van der Waals surface area contributed by atoms with Gasteiger partial charge in [-0.1, -0.05) is 60.2 Å². The summed E-state index contributed by atoms with van der Waals surface area (Å²) in [5.41, 5.74) is 3.86. The quantitative estimate of drug-likeness (QED) is 0.832. The Hall–Kier alpha value is -1.64. The van der Waals surface area contributed by atoms with Crippen LogP contribution in [0.25, 0.3) is 0 Å². The summed E-state index contributed by atoms with van der Waals surface area (Å²) in [6, 6.07) is 19.5. The van der Waals surface area contributed by atoms with Crippen molar-refractivity contribution in [1.82, 2.24) is 5.32 Å². The van der Waals surface area contributed by atoms with Crippen LogP contribution in [0.1, 0.15) is 29.7 Å². The fourth-order valence-corrected chi connectivity index (χ4v) is 2.61. The van der Waals surface area contributed by atoms with Crippen LogP contribution in [0.5, 0.6) is 0 Å². The molecule has 1 N–H and O–H groups in total. The van der Waals surface area contributed by atoms with Crippen molar-refractivity contribution >= 4 is 0 Å². The number of likely N-dealkylation sites (N-methyl/N-ethyl adjacent to an activating group) is 1. The molecule has 2 nitrogen and oxygen atoms in total. The smallest absolute Gasteiger partial charge is 0.0980 e. The molecule has 2 atom stereocenters. The lowest BCUT2D eigenvalue weighted by atomic mass is 9.95. The van der Waals surface area contributed by atoms with E-state index in [0.717, 1.165) is 6.42 Å². The van der Waals surface area contributed by atoms with E-state index in [0.29, 0.717) is 6.61 Å². The molecule has 21 heavy (non-hydrogen) atoms. The average Bonchev–Trinajstić information content (AvgIpc) is 2.53. The van der Waals surface area contributed by atoms with Gasteiger partial charge in [0.15, 0.2) is 0 Å². The molecule has 112 valence electrons. The number of hydrogen-bond acceptors (Lipinski definition) is 2. The Balaban J connectivity index is 2.17. The van der Waals surface area contributed by atoms with Crippen LogP contribution < -0.4 is 5.32 Å². The highest BCUT2D eigenvalue weighted by Crippen LogP contribution is 2.23. The zero-order valence-corrected chi connectivity index (χ0v) is 13.2. The minimum atomic E-state index is 0.0718. The monoisotopic (exact) mass is 283 g/mol. The molecule has 0 aliphatic heterocycles. The van der Waals surface area contributed by atoms with Crippen LogP contribution >= 0.6 is 0 Å². The first-order chi connectivity index (χ1) is 10.2. The molecule has 0 bridgehead atoms. The molecule has 2 aromatic rings. The predicted molar refractivity (Wildman–Crippen MR) is 88.5 cm³/mol. The highest BCUT2D eigenvalue weighted by Gasteiger charge is 2.22. The molecule has 0 aliphatic carbocycles. The van der Waals surface area contributed by atoms with Crippen molar-refractivity contribution in [2.45, 2.75) is 32.4 Å². The number of aryl methyl sites for hydroxylation is 1. The van der Waals surface area contributed by atoms with Gasteiger partial charge in [-0.05, 0) is 38.4 Å². The lowest BCUT2D eigenvalue weighted by Gasteiger charge is -2.27. The summed E-state index contributed by atoms with van der Waals surface area (Å²) in [5, 5.41) is 3.42. The van der Waals surface area contributed by atoms with Crippen LogP contribution in [-0.2, 0) is 11.2 Å². The first-order valence-corrected chi connectivity index (χ1v) is 7.64. The molecule has 0 fully saturated rings. The SMILES string of the molecule is CCOC(c1ccccc1)C(Cc1ccc(C)cc1)NC. The zero-order chi connectivity index (χ0) is 15.1. The predicted octanol–water partition coefficient (Wildman–Crippen LogP) is 3.90. The van der Waals surface area contributed by atoms with E-state index in [9.17, 15) is 0 Å². The van der Waals surface area contributed by atoms with Crippen LogP contribution in [0.15, 0.2) is 54.6 Å². The standard InChI is InChI=1S/C19H25NO/c1-4-21-19(17-8-6-5-7-9-17)18(20-3)14-16-12-10-15(2)11-13-16/h5-13,18-20H,4,14H2,1-3H3. The summed E-state index contributed by atoms with van der Waals surface area (Å²) in [7, 11) is 2.01. The van der Waals surface area contributed by atoms with Crippen molar-refractivity contribution in [2.75, 3.05) is 13.7 Å². The van der Waals surface area contributed by atoms with E-state index in [1.165, 1.54) is 16.7 Å². The molecule has 2 rings (SSSR count). The first-order valence-electron chi connectivity index (χ1n) is 7.64. The molecular weight excluding hydrogens is 258 g/mol.